The lowest BCUT2D eigenvalue weighted by Crippen LogP contribution is -2.22. The molecule has 2 aromatic rings. The molecule has 0 aromatic heterocycles. The molecule has 3 nitrogen and oxygen atoms in total. The molecule has 0 aliphatic carbocycles. The van der Waals surface area contributed by atoms with E-state index < -0.39 is 0 Å². The SMILES string of the molecule is Cc1ccc(NC(=O)COc2ccc(Br)cc2C(C)(C)C)c(Br)c1. The first-order valence-electron chi connectivity index (χ1n) is 7.65. The second kappa shape index (κ2) is 7.70. The molecule has 128 valence electrons. The van der Waals surface area contributed by atoms with Crippen LogP contribution in [0.15, 0.2) is 45.3 Å². The molecule has 1 N–H and O–H groups in total. The highest BCUT2D eigenvalue weighted by Gasteiger charge is 2.20. The Bertz CT molecular complexity index is 752. The number of aryl methyl sites for hydroxylation is 1. The third kappa shape index (κ3) is 5.08. The number of ether oxygens (including phenoxy) is 1. The Morgan fingerprint density at radius 1 is 1.12 bits per heavy atom. The summed E-state index contributed by atoms with van der Waals surface area (Å²) in [4.78, 5) is 12.2. The molecule has 0 atom stereocenters. The third-order valence-corrected chi connectivity index (χ3v) is 4.66. The van der Waals surface area contributed by atoms with Gasteiger partial charge < -0.3 is 10.1 Å². The summed E-state index contributed by atoms with van der Waals surface area (Å²) < 4.78 is 7.62. The molecule has 24 heavy (non-hydrogen) atoms. The first-order chi connectivity index (χ1) is 11.2. The smallest absolute Gasteiger partial charge is 0.262 e. The summed E-state index contributed by atoms with van der Waals surface area (Å²) >= 11 is 6.94. The lowest BCUT2D eigenvalue weighted by molar-refractivity contribution is -0.118. The van der Waals surface area contributed by atoms with Crippen LogP contribution in [0.25, 0.3) is 0 Å². The molecule has 5 heteroatoms. The van der Waals surface area contributed by atoms with Crippen molar-refractivity contribution in [2.45, 2.75) is 33.1 Å². The van der Waals surface area contributed by atoms with Gasteiger partial charge in [0.2, 0.25) is 0 Å². The fourth-order valence-corrected chi connectivity index (χ4v) is 3.22. The molecule has 1 amide bonds. The van der Waals surface area contributed by atoms with Crippen LogP contribution in [-0.4, -0.2) is 12.5 Å². The zero-order valence-electron chi connectivity index (χ0n) is 14.2. The predicted molar refractivity (Wildman–Crippen MR) is 106 cm³/mol. The Hall–Kier alpha value is -1.33. The van der Waals surface area contributed by atoms with E-state index in [-0.39, 0.29) is 17.9 Å². The molecule has 0 radical (unpaired) electrons. The van der Waals surface area contributed by atoms with Crippen molar-refractivity contribution in [3.8, 4) is 5.75 Å². The monoisotopic (exact) mass is 453 g/mol. The average molecular weight is 455 g/mol. The van der Waals surface area contributed by atoms with Gasteiger partial charge in [-0.3, -0.25) is 4.79 Å². The minimum atomic E-state index is -0.192. The Labute approximate surface area is 160 Å². The molecule has 0 saturated carbocycles. The van der Waals surface area contributed by atoms with Gasteiger partial charge in [0.15, 0.2) is 6.61 Å². The Kier molecular flexibility index (Phi) is 6.10. The van der Waals surface area contributed by atoms with Crippen molar-refractivity contribution < 1.29 is 9.53 Å². The highest BCUT2D eigenvalue weighted by molar-refractivity contribution is 9.10. The quantitative estimate of drug-likeness (QED) is 0.630. The van der Waals surface area contributed by atoms with E-state index in [1.165, 1.54) is 0 Å². The number of hydrogen-bond donors (Lipinski definition) is 1. The van der Waals surface area contributed by atoms with E-state index in [2.05, 4.69) is 57.9 Å². The predicted octanol–water partition coefficient (Wildman–Crippen LogP) is 5.84. The van der Waals surface area contributed by atoms with Crippen LogP contribution in [0.1, 0.15) is 31.9 Å². The van der Waals surface area contributed by atoms with Crippen molar-refractivity contribution in [3.63, 3.8) is 0 Å². The zero-order chi connectivity index (χ0) is 17.9. The summed E-state index contributed by atoms with van der Waals surface area (Å²) in [5.74, 6) is 0.533. The van der Waals surface area contributed by atoms with Gasteiger partial charge >= 0.3 is 0 Å². The van der Waals surface area contributed by atoms with Crippen LogP contribution in [0.2, 0.25) is 0 Å². The molecular weight excluding hydrogens is 434 g/mol. The maximum absolute atomic E-state index is 12.2. The molecule has 0 bridgehead atoms. The number of nitrogens with one attached hydrogen (secondary N) is 1. The van der Waals surface area contributed by atoms with E-state index in [0.717, 1.165) is 31.5 Å². The summed E-state index contributed by atoms with van der Waals surface area (Å²) in [6, 6.07) is 11.6. The summed E-state index contributed by atoms with van der Waals surface area (Å²) in [6.45, 7) is 8.31. The number of carbonyl (C=O) groups excluding carboxylic acids is 1. The highest BCUT2D eigenvalue weighted by Crippen LogP contribution is 2.33. The fourth-order valence-electron chi connectivity index (χ4n) is 2.27. The first-order valence-corrected chi connectivity index (χ1v) is 9.24. The standard InChI is InChI=1S/C19H21Br2NO2/c1-12-5-7-16(15(21)9-12)22-18(23)11-24-17-8-6-13(20)10-14(17)19(2,3)4/h5-10H,11H2,1-4H3,(H,22,23). The highest BCUT2D eigenvalue weighted by atomic mass is 79.9. The number of halogens is 2. The maximum Gasteiger partial charge on any atom is 0.262 e. The Morgan fingerprint density at radius 3 is 2.46 bits per heavy atom. The first kappa shape index (κ1) is 19.0. The summed E-state index contributed by atoms with van der Waals surface area (Å²) in [7, 11) is 0. The van der Waals surface area contributed by atoms with Crippen molar-refractivity contribution in [3.05, 3.63) is 56.5 Å². The van der Waals surface area contributed by atoms with Crippen molar-refractivity contribution in [1.29, 1.82) is 0 Å². The topological polar surface area (TPSA) is 38.3 Å². The van der Waals surface area contributed by atoms with Crippen LogP contribution < -0.4 is 10.1 Å². The molecule has 0 heterocycles. The molecule has 0 saturated heterocycles. The molecular formula is C19H21Br2NO2. The lowest BCUT2D eigenvalue weighted by Gasteiger charge is -2.23. The van der Waals surface area contributed by atoms with E-state index in [0.29, 0.717) is 0 Å². The van der Waals surface area contributed by atoms with E-state index in [4.69, 9.17) is 4.74 Å². The number of benzene rings is 2. The van der Waals surface area contributed by atoms with Gasteiger partial charge in [0.25, 0.3) is 5.91 Å². The van der Waals surface area contributed by atoms with Crippen molar-refractivity contribution in [1.82, 2.24) is 0 Å². The molecule has 0 aliphatic heterocycles. The number of anilines is 1. The summed E-state index contributed by atoms with van der Waals surface area (Å²) in [5, 5.41) is 2.86. The second-order valence-corrected chi connectivity index (χ2v) is 8.48. The van der Waals surface area contributed by atoms with Crippen molar-refractivity contribution in [2.24, 2.45) is 0 Å². The van der Waals surface area contributed by atoms with Gasteiger partial charge in [-0.05, 0) is 64.2 Å². The number of amides is 1. The Morgan fingerprint density at radius 2 is 1.83 bits per heavy atom. The van der Waals surface area contributed by atoms with Crippen LogP contribution in [-0.2, 0) is 10.2 Å². The van der Waals surface area contributed by atoms with Crippen LogP contribution in [0.3, 0.4) is 0 Å². The van der Waals surface area contributed by atoms with Crippen LogP contribution >= 0.6 is 31.9 Å². The largest absolute Gasteiger partial charge is 0.483 e. The molecule has 0 unspecified atom stereocenters. The number of rotatable bonds is 4. The minimum Gasteiger partial charge on any atom is -0.483 e. The van der Waals surface area contributed by atoms with Gasteiger partial charge in [-0.25, -0.2) is 0 Å². The van der Waals surface area contributed by atoms with Crippen LogP contribution in [0.5, 0.6) is 5.75 Å². The molecule has 0 aliphatic rings. The average Bonchev–Trinajstić information content (AvgIpc) is 2.48. The van der Waals surface area contributed by atoms with E-state index in [1.807, 2.05) is 43.3 Å². The molecule has 0 spiro atoms. The minimum absolute atomic E-state index is 0.0367. The summed E-state index contributed by atoms with van der Waals surface area (Å²) in [6.07, 6.45) is 0. The van der Waals surface area contributed by atoms with Gasteiger partial charge in [0.05, 0.1) is 5.69 Å². The maximum atomic E-state index is 12.2. The Balaban J connectivity index is 2.07. The van der Waals surface area contributed by atoms with Crippen LogP contribution in [0.4, 0.5) is 5.69 Å². The number of carbonyl (C=O) groups is 1. The van der Waals surface area contributed by atoms with Crippen molar-refractivity contribution in [2.75, 3.05) is 11.9 Å². The van der Waals surface area contributed by atoms with Gasteiger partial charge in [-0.15, -0.1) is 0 Å². The van der Waals surface area contributed by atoms with Gasteiger partial charge in [0.1, 0.15) is 5.75 Å². The number of hydrogen-bond acceptors (Lipinski definition) is 2. The van der Waals surface area contributed by atoms with E-state index in [1.54, 1.807) is 0 Å². The van der Waals surface area contributed by atoms with E-state index in [9.17, 15) is 4.79 Å². The van der Waals surface area contributed by atoms with Crippen LogP contribution in [0, 0.1) is 6.92 Å². The van der Waals surface area contributed by atoms with Gasteiger partial charge in [-0.2, -0.15) is 0 Å². The molecule has 0 fully saturated rings. The van der Waals surface area contributed by atoms with E-state index >= 15 is 0 Å². The lowest BCUT2D eigenvalue weighted by atomic mass is 9.86. The summed E-state index contributed by atoms with van der Waals surface area (Å²) in [5.41, 5.74) is 2.85. The van der Waals surface area contributed by atoms with Crippen molar-refractivity contribution >= 4 is 43.5 Å². The normalized spacial score (nSPS) is 11.2. The second-order valence-electron chi connectivity index (χ2n) is 6.71. The van der Waals surface area contributed by atoms with Gasteiger partial charge in [0, 0.05) is 14.5 Å². The third-order valence-electron chi connectivity index (χ3n) is 3.51. The molecule has 2 aromatic carbocycles. The molecule has 2 rings (SSSR count). The fraction of sp³-hybridized carbons (Fsp3) is 0.316. The zero-order valence-corrected chi connectivity index (χ0v) is 17.4. The van der Waals surface area contributed by atoms with Gasteiger partial charge in [-0.1, -0.05) is 42.8 Å².